The van der Waals surface area contributed by atoms with Crippen LogP contribution in [0.5, 0.6) is 0 Å². The summed E-state index contributed by atoms with van der Waals surface area (Å²) in [4.78, 5) is 32.2. The number of carbonyl (C=O) groups is 1. The first-order valence-corrected chi connectivity index (χ1v) is 11.5. The molecule has 1 atom stereocenters. The van der Waals surface area contributed by atoms with Crippen LogP contribution >= 0.6 is 23.1 Å². The molecule has 0 unspecified atom stereocenters. The maximum Gasteiger partial charge on any atom is 0.263 e. The van der Waals surface area contributed by atoms with E-state index in [1.54, 1.807) is 28.0 Å². The standard InChI is InChI=1S/C21H22FN3O2S2/c1-3-25-20(27)18-13-9-8-12(2)10-16(13)29-19(18)24-21(25)28-11-17(26)23-15-7-5-4-6-14(15)22/h4-7,12H,3,8-11H2,1-2H3,(H,23,26)/t12-/m0/s1. The fraction of sp³-hybridized carbons (Fsp3) is 0.381. The third kappa shape index (κ3) is 3.96. The Kier molecular flexibility index (Phi) is 5.74. The molecule has 0 spiro atoms. The van der Waals surface area contributed by atoms with Crippen molar-refractivity contribution in [1.82, 2.24) is 9.55 Å². The monoisotopic (exact) mass is 431 g/mol. The summed E-state index contributed by atoms with van der Waals surface area (Å²) in [6, 6.07) is 6.05. The zero-order valence-electron chi connectivity index (χ0n) is 16.3. The molecule has 0 radical (unpaired) electrons. The molecule has 29 heavy (non-hydrogen) atoms. The van der Waals surface area contributed by atoms with E-state index in [0.29, 0.717) is 17.6 Å². The van der Waals surface area contributed by atoms with Gasteiger partial charge in [-0.05, 0) is 49.8 Å². The number of halogens is 1. The second kappa shape index (κ2) is 8.28. The Balaban J connectivity index is 1.59. The molecule has 8 heteroatoms. The molecule has 0 saturated carbocycles. The SMILES string of the molecule is CCn1c(SCC(=O)Nc2ccccc2F)nc2sc3c(c2c1=O)CC[C@H](C)C3. The van der Waals surface area contributed by atoms with Crippen LogP contribution in [0.15, 0.2) is 34.2 Å². The molecule has 1 amide bonds. The number of carbonyl (C=O) groups excluding carboxylic acids is 1. The summed E-state index contributed by atoms with van der Waals surface area (Å²) in [5.41, 5.74) is 1.28. The van der Waals surface area contributed by atoms with Crippen molar-refractivity contribution in [3.8, 4) is 0 Å². The Morgan fingerprint density at radius 3 is 2.97 bits per heavy atom. The van der Waals surface area contributed by atoms with Crippen LogP contribution in [0.1, 0.15) is 30.7 Å². The number of fused-ring (bicyclic) bond motifs is 3. The summed E-state index contributed by atoms with van der Waals surface area (Å²) in [5, 5.41) is 3.84. The lowest BCUT2D eigenvalue weighted by molar-refractivity contribution is -0.113. The Bertz CT molecular complexity index is 1140. The highest BCUT2D eigenvalue weighted by Gasteiger charge is 2.24. The van der Waals surface area contributed by atoms with Gasteiger partial charge in [-0.15, -0.1) is 11.3 Å². The minimum atomic E-state index is -0.478. The van der Waals surface area contributed by atoms with Crippen LogP contribution in [0, 0.1) is 11.7 Å². The van der Waals surface area contributed by atoms with Gasteiger partial charge in [-0.25, -0.2) is 9.37 Å². The van der Waals surface area contributed by atoms with Gasteiger partial charge in [-0.3, -0.25) is 14.2 Å². The Morgan fingerprint density at radius 1 is 1.41 bits per heavy atom. The number of anilines is 1. The van der Waals surface area contributed by atoms with Crippen molar-refractivity contribution < 1.29 is 9.18 Å². The van der Waals surface area contributed by atoms with E-state index in [1.807, 2.05) is 6.92 Å². The molecule has 1 N–H and O–H groups in total. The van der Waals surface area contributed by atoms with Gasteiger partial charge in [0.2, 0.25) is 5.91 Å². The molecule has 4 rings (SSSR count). The summed E-state index contributed by atoms with van der Waals surface area (Å²) in [5.74, 6) is -0.139. The van der Waals surface area contributed by atoms with Crippen LogP contribution in [0.3, 0.4) is 0 Å². The van der Waals surface area contributed by atoms with Gasteiger partial charge in [-0.2, -0.15) is 0 Å². The molecule has 0 bridgehead atoms. The molecular formula is C21H22FN3O2S2. The van der Waals surface area contributed by atoms with Gasteiger partial charge in [-0.1, -0.05) is 30.8 Å². The molecule has 0 fully saturated rings. The summed E-state index contributed by atoms with van der Waals surface area (Å²) < 4.78 is 15.4. The summed E-state index contributed by atoms with van der Waals surface area (Å²) in [6.07, 6.45) is 3.02. The molecule has 2 heterocycles. The largest absolute Gasteiger partial charge is 0.323 e. The number of nitrogens with zero attached hydrogens (tertiary/aromatic N) is 2. The quantitative estimate of drug-likeness (QED) is 0.478. The second-order valence-corrected chi connectivity index (χ2v) is 9.32. The maximum absolute atomic E-state index is 13.7. The summed E-state index contributed by atoms with van der Waals surface area (Å²) >= 11 is 2.81. The molecule has 3 aromatic rings. The van der Waals surface area contributed by atoms with Gasteiger partial charge in [0.05, 0.1) is 16.8 Å². The third-order valence-electron chi connectivity index (χ3n) is 5.18. The van der Waals surface area contributed by atoms with Gasteiger partial charge in [0.1, 0.15) is 10.6 Å². The van der Waals surface area contributed by atoms with Crippen LogP contribution in [0.2, 0.25) is 0 Å². The van der Waals surface area contributed by atoms with Crippen molar-refractivity contribution in [3.63, 3.8) is 0 Å². The molecule has 1 aliphatic carbocycles. The Hall–Kier alpha value is -2.19. The van der Waals surface area contributed by atoms with Crippen LogP contribution in [-0.2, 0) is 24.2 Å². The molecule has 5 nitrogen and oxygen atoms in total. The topological polar surface area (TPSA) is 64.0 Å². The van der Waals surface area contributed by atoms with E-state index in [1.165, 1.54) is 28.8 Å². The van der Waals surface area contributed by atoms with Gasteiger partial charge in [0.25, 0.3) is 5.56 Å². The van der Waals surface area contributed by atoms with E-state index in [-0.39, 0.29) is 22.9 Å². The predicted molar refractivity (Wildman–Crippen MR) is 116 cm³/mol. The van der Waals surface area contributed by atoms with Gasteiger partial charge < -0.3 is 5.32 Å². The Morgan fingerprint density at radius 2 is 2.21 bits per heavy atom. The van der Waals surface area contributed by atoms with E-state index in [2.05, 4.69) is 12.2 Å². The number of nitrogens with one attached hydrogen (secondary N) is 1. The number of amides is 1. The first-order chi connectivity index (χ1) is 14.0. The van der Waals surface area contributed by atoms with Crippen molar-refractivity contribution in [2.45, 2.75) is 44.8 Å². The molecule has 0 aliphatic heterocycles. The lowest BCUT2D eigenvalue weighted by Gasteiger charge is -2.17. The van der Waals surface area contributed by atoms with Crippen LogP contribution in [0.4, 0.5) is 10.1 Å². The molecule has 2 aromatic heterocycles. The lowest BCUT2D eigenvalue weighted by atomic mass is 9.89. The highest BCUT2D eigenvalue weighted by atomic mass is 32.2. The number of benzene rings is 1. The molecule has 1 aliphatic rings. The average molecular weight is 432 g/mol. The van der Waals surface area contributed by atoms with Crippen molar-refractivity contribution in [3.05, 3.63) is 50.9 Å². The van der Waals surface area contributed by atoms with Crippen molar-refractivity contribution in [1.29, 1.82) is 0 Å². The van der Waals surface area contributed by atoms with Gasteiger partial charge in [0.15, 0.2) is 5.16 Å². The molecule has 0 saturated heterocycles. The number of aryl methyl sites for hydroxylation is 1. The minimum absolute atomic E-state index is 0.0263. The fourth-order valence-electron chi connectivity index (χ4n) is 3.67. The average Bonchev–Trinajstić information content (AvgIpc) is 3.05. The van der Waals surface area contributed by atoms with Crippen molar-refractivity contribution in [2.24, 2.45) is 5.92 Å². The second-order valence-electron chi connectivity index (χ2n) is 7.29. The summed E-state index contributed by atoms with van der Waals surface area (Å²) in [7, 11) is 0. The van der Waals surface area contributed by atoms with E-state index >= 15 is 0 Å². The number of rotatable bonds is 5. The highest BCUT2D eigenvalue weighted by molar-refractivity contribution is 7.99. The van der Waals surface area contributed by atoms with Crippen LogP contribution in [0.25, 0.3) is 10.2 Å². The molecule has 1 aromatic carbocycles. The number of thiophene rings is 1. The van der Waals surface area contributed by atoms with E-state index in [9.17, 15) is 14.0 Å². The fourth-order valence-corrected chi connectivity index (χ4v) is 5.96. The smallest absolute Gasteiger partial charge is 0.263 e. The lowest BCUT2D eigenvalue weighted by Crippen LogP contribution is -2.24. The first-order valence-electron chi connectivity index (χ1n) is 9.70. The van der Waals surface area contributed by atoms with Crippen molar-refractivity contribution >= 4 is 44.9 Å². The van der Waals surface area contributed by atoms with Crippen molar-refractivity contribution in [2.75, 3.05) is 11.1 Å². The van der Waals surface area contributed by atoms with Crippen LogP contribution in [-0.4, -0.2) is 21.2 Å². The van der Waals surface area contributed by atoms with Gasteiger partial charge >= 0.3 is 0 Å². The number of hydrogen-bond acceptors (Lipinski definition) is 5. The zero-order chi connectivity index (χ0) is 20.5. The molecule has 152 valence electrons. The first kappa shape index (κ1) is 20.1. The van der Waals surface area contributed by atoms with E-state index < -0.39 is 5.82 Å². The summed E-state index contributed by atoms with van der Waals surface area (Å²) in [6.45, 7) is 4.62. The number of hydrogen-bond donors (Lipinski definition) is 1. The normalized spacial score (nSPS) is 16.0. The Labute approximate surface area is 176 Å². The van der Waals surface area contributed by atoms with Crippen LogP contribution < -0.4 is 10.9 Å². The maximum atomic E-state index is 13.7. The number of para-hydroxylation sites is 1. The highest BCUT2D eigenvalue weighted by Crippen LogP contribution is 2.36. The van der Waals surface area contributed by atoms with E-state index in [4.69, 9.17) is 4.98 Å². The molecular weight excluding hydrogens is 409 g/mol. The number of aromatic nitrogens is 2. The minimum Gasteiger partial charge on any atom is -0.323 e. The zero-order valence-corrected chi connectivity index (χ0v) is 18.0. The van der Waals surface area contributed by atoms with E-state index in [0.717, 1.165) is 35.0 Å². The third-order valence-corrected chi connectivity index (χ3v) is 7.30. The number of thioether (sulfide) groups is 1. The predicted octanol–water partition coefficient (Wildman–Crippen LogP) is 4.47. The van der Waals surface area contributed by atoms with Gasteiger partial charge in [0, 0.05) is 11.4 Å².